The molecule has 1 aromatic carbocycles. The summed E-state index contributed by atoms with van der Waals surface area (Å²) in [6.07, 6.45) is 1.57. The first-order chi connectivity index (χ1) is 14.0. The number of hydrogen-bond donors (Lipinski definition) is 3. The zero-order chi connectivity index (χ0) is 20.8. The van der Waals surface area contributed by atoms with Gasteiger partial charge in [0.25, 0.3) is 0 Å². The maximum atomic E-state index is 11.9. The summed E-state index contributed by atoms with van der Waals surface area (Å²) in [5.41, 5.74) is 2.13. The van der Waals surface area contributed by atoms with Crippen LogP contribution < -0.4 is 14.9 Å². The molecule has 0 aliphatic heterocycles. The van der Waals surface area contributed by atoms with Crippen molar-refractivity contribution in [1.29, 1.82) is 0 Å². The Morgan fingerprint density at radius 1 is 1.10 bits per heavy atom. The van der Waals surface area contributed by atoms with Crippen molar-refractivity contribution in [2.24, 2.45) is 0 Å². The Labute approximate surface area is 173 Å². The molecular formula is C19H20N6O3S. The number of nitrogens with zero attached hydrogens (tertiary/aromatic N) is 4. The van der Waals surface area contributed by atoms with Gasteiger partial charge in [0.2, 0.25) is 0 Å². The highest BCUT2D eigenvalue weighted by Crippen LogP contribution is 2.20. The summed E-state index contributed by atoms with van der Waals surface area (Å²) in [5.74, 6) is 0.427. The summed E-state index contributed by atoms with van der Waals surface area (Å²) in [6.45, 7) is 4.38. The van der Waals surface area contributed by atoms with E-state index in [1.807, 2.05) is 6.92 Å². The monoisotopic (exact) mass is 412 g/mol. The minimum absolute atomic E-state index is 0.324. The molecule has 0 aliphatic carbocycles. The fraction of sp³-hybridized carbons (Fsp3) is 0.211. The fourth-order valence-electron chi connectivity index (χ4n) is 2.45. The summed E-state index contributed by atoms with van der Waals surface area (Å²) in [5, 5.41) is 5.75. The molecule has 10 heteroatoms. The van der Waals surface area contributed by atoms with Gasteiger partial charge in [0.1, 0.15) is 11.3 Å². The molecule has 0 saturated carbocycles. The third-order valence-electron chi connectivity index (χ3n) is 3.80. The van der Waals surface area contributed by atoms with Crippen LogP contribution in [-0.4, -0.2) is 40.1 Å². The molecule has 0 spiro atoms. The minimum atomic E-state index is -0.383. The largest absolute Gasteiger partial charge is 0.462 e. The Morgan fingerprint density at radius 2 is 1.86 bits per heavy atom. The van der Waals surface area contributed by atoms with Crippen molar-refractivity contribution < 1.29 is 14.3 Å². The van der Waals surface area contributed by atoms with Crippen molar-refractivity contribution in [1.82, 2.24) is 20.3 Å². The molecule has 0 bridgehead atoms. The Hall–Kier alpha value is -3.40. The number of carbonyl (C=O) groups is 2. The van der Waals surface area contributed by atoms with E-state index in [1.165, 1.54) is 0 Å². The quantitative estimate of drug-likeness (QED) is 0.421. The Morgan fingerprint density at radius 3 is 2.55 bits per heavy atom. The average Bonchev–Trinajstić information content (AvgIpc) is 2.73. The molecule has 0 saturated heterocycles. The number of carbonyl (C=O) groups excluding carboxylic acids is 2. The number of rotatable bonds is 6. The van der Waals surface area contributed by atoms with Gasteiger partial charge in [0, 0.05) is 12.2 Å². The molecule has 2 heterocycles. The molecule has 2 amide bonds. The smallest absolute Gasteiger partial charge is 0.338 e. The lowest BCUT2D eigenvalue weighted by Crippen LogP contribution is -2.34. The molecule has 0 unspecified atom stereocenters. The summed E-state index contributed by atoms with van der Waals surface area (Å²) >= 11 is 4.18. The summed E-state index contributed by atoms with van der Waals surface area (Å²) in [6, 6.07) is 9.78. The van der Waals surface area contributed by atoms with Crippen LogP contribution in [0.4, 0.5) is 22.1 Å². The molecule has 0 aliphatic rings. The molecule has 2 N–H and O–H groups in total. The lowest BCUT2D eigenvalue weighted by atomic mass is 10.2. The van der Waals surface area contributed by atoms with Crippen LogP contribution in [0.2, 0.25) is 0 Å². The molecule has 3 rings (SSSR count). The highest BCUT2D eigenvalue weighted by molar-refractivity contribution is 7.82. The van der Waals surface area contributed by atoms with Crippen molar-refractivity contribution in [2.75, 3.05) is 22.8 Å². The van der Waals surface area contributed by atoms with Gasteiger partial charge in [-0.25, -0.2) is 28.8 Å². The van der Waals surface area contributed by atoms with Gasteiger partial charge in [0.05, 0.1) is 18.4 Å². The number of ether oxygens (including phenoxy) is 1. The third kappa shape index (κ3) is 4.91. The van der Waals surface area contributed by atoms with E-state index < -0.39 is 0 Å². The van der Waals surface area contributed by atoms with E-state index in [0.717, 1.165) is 9.99 Å². The van der Waals surface area contributed by atoms with Crippen LogP contribution in [0.3, 0.4) is 0 Å². The lowest BCUT2D eigenvalue weighted by molar-refractivity contribution is 0.0526. The van der Waals surface area contributed by atoms with E-state index in [-0.39, 0.29) is 12.0 Å². The minimum Gasteiger partial charge on any atom is -0.462 e. The van der Waals surface area contributed by atoms with E-state index >= 15 is 0 Å². The molecule has 0 radical (unpaired) electrons. The first-order valence-electron chi connectivity index (χ1n) is 8.96. The SMILES string of the molecule is CCNC(=O)N(S)c1ccc2ncc(Nc3ccc(C(=O)OCC)cc3)nc2n1. The second-order valence-electron chi connectivity index (χ2n) is 5.84. The molecule has 9 nitrogen and oxygen atoms in total. The highest BCUT2D eigenvalue weighted by Gasteiger charge is 2.14. The highest BCUT2D eigenvalue weighted by atomic mass is 32.1. The van der Waals surface area contributed by atoms with Crippen molar-refractivity contribution in [2.45, 2.75) is 13.8 Å². The van der Waals surface area contributed by atoms with Crippen molar-refractivity contribution >= 4 is 53.3 Å². The molecule has 0 atom stereocenters. The van der Waals surface area contributed by atoms with Gasteiger partial charge in [-0.2, -0.15) is 0 Å². The van der Waals surface area contributed by atoms with Gasteiger partial charge in [-0.1, -0.05) is 12.8 Å². The van der Waals surface area contributed by atoms with Crippen LogP contribution in [-0.2, 0) is 4.74 Å². The third-order valence-corrected chi connectivity index (χ3v) is 4.18. The van der Waals surface area contributed by atoms with E-state index in [0.29, 0.717) is 41.5 Å². The van der Waals surface area contributed by atoms with Gasteiger partial charge in [-0.05, 0) is 50.2 Å². The van der Waals surface area contributed by atoms with Gasteiger partial charge in [0.15, 0.2) is 11.5 Å². The number of esters is 1. The Bertz CT molecular complexity index is 1030. The number of urea groups is 1. The van der Waals surface area contributed by atoms with Gasteiger partial charge in [-0.15, -0.1) is 0 Å². The number of anilines is 3. The molecular weight excluding hydrogens is 392 g/mol. The molecule has 29 heavy (non-hydrogen) atoms. The van der Waals surface area contributed by atoms with Gasteiger partial charge in [-0.3, -0.25) is 0 Å². The van der Waals surface area contributed by atoms with Crippen molar-refractivity contribution in [3.63, 3.8) is 0 Å². The second-order valence-corrected chi connectivity index (χ2v) is 6.24. The Balaban J connectivity index is 1.79. The maximum Gasteiger partial charge on any atom is 0.338 e. The summed E-state index contributed by atoms with van der Waals surface area (Å²) in [7, 11) is 0. The maximum absolute atomic E-state index is 11.9. The number of hydrogen-bond acceptors (Lipinski definition) is 8. The van der Waals surface area contributed by atoms with Crippen LogP contribution in [0.15, 0.2) is 42.6 Å². The summed E-state index contributed by atoms with van der Waals surface area (Å²) in [4.78, 5) is 36.8. The standard InChI is InChI=1S/C19H20N6O3S/c1-3-20-19(27)25(29)16-10-9-14-17(24-16)23-15(11-21-14)22-13-7-5-12(6-8-13)18(26)28-4-2/h5-11,29H,3-4H2,1-2H3,(H,20,27)(H,22,23,24). The van der Waals surface area contributed by atoms with E-state index in [1.54, 1.807) is 49.5 Å². The number of nitrogens with one attached hydrogen (secondary N) is 2. The first kappa shape index (κ1) is 20.3. The lowest BCUT2D eigenvalue weighted by Gasteiger charge is -2.15. The summed E-state index contributed by atoms with van der Waals surface area (Å²) < 4.78 is 6.08. The van der Waals surface area contributed by atoms with Crippen LogP contribution in [0.1, 0.15) is 24.2 Å². The number of fused-ring (bicyclic) bond motifs is 1. The average molecular weight is 412 g/mol. The molecule has 2 aromatic heterocycles. The Kier molecular flexibility index (Phi) is 6.45. The second kappa shape index (κ2) is 9.20. The topological polar surface area (TPSA) is 109 Å². The molecule has 0 fully saturated rings. The number of aromatic nitrogens is 3. The first-order valence-corrected chi connectivity index (χ1v) is 9.36. The predicted octanol–water partition coefficient (Wildman–Crippen LogP) is 3.33. The number of thiol groups is 1. The van der Waals surface area contributed by atoms with Crippen LogP contribution in [0, 0.1) is 0 Å². The van der Waals surface area contributed by atoms with E-state index in [4.69, 9.17) is 4.74 Å². The number of pyridine rings is 1. The van der Waals surface area contributed by atoms with Crippen LogP contribution >= 0.6 is 12.8 Å². The fourth-order valence-corrected chi connectivity index (χ4v) is 2.63. The van der Waals surface area contributed by atoms with E-state index in [9.17, 15) is 9.59 Å². The normalized spacial score (nSPS) is 10.4. The van der Waals surface area contributed by atoms with Crippen molar-refractivity contribution in [3.8, 4) is 0 Å². The van der Waals surface area contributed by atoms with E-state index in [2.05, 4.69) is 38.4 Å². The molecule has 3 aromatic rings. The van der Waals surface area contributed by atoms with Crippen LogP contribution in [0.5, 0.6) is 0 Å². The van der Waals surface area contributed by atoms with Crippen molar-refractivity contribution in [3.05, 3.63) is 48.2 Å². The number of amides is 2. The number of benzene rings is 1. The van der Waals surface area contributed by atoms with Gasteiger partial charge >= 0.3 is 12.0 Å². The van der Waals surface area contributed by atoms with Gasteiger partial charge < -0.3 is 15.4 Å². The predicted molar refractivity (Wildman–Crippen MR) is 114 cm³/mol. The zero-order valence-electron chi connectivity index (χ0n) is 15.9. The molecule has 150 valence electrons. The zero-order valence-corrected chi connectivity index (χ0v) is 16.8. The van der Waals surface area contributed by atoms with Crippen LogP contribution in [0.25, 0.3) is 11.2 Å².